The van der Waals surface area contributed by atoms with Gasteiger partial charge in [-0.3, -0.25) is 0 Å². The molecule has 0 saturated carbocycles. The van der Waals surface area contributed by atoms with Gasteiger partial charge < -0.3 is 0 Å². The van der Waals surface area contributed by atoms with Gasteiger partial charge in [-0.2, -0.15) is 5.11 Å². The normalized spacial score (nSPS) is 27.0. The van der Waals surface area contributed by atoms with Gasteiger partial charge in [0.2, 0.25) is 0 Å². The molecular formula is C12H8Cl2F2N2. The molecule has 0 N–H and O–H groups in total. The average Bonchev–Trinajstić information content (AvgIpc) is 2.35. The highest BCUT2D eigenvalue weighted by Crippen LogP contribution is 2.34. The van der Waals surface area contributed by atoms with Crippen molar-refractivity contribution >= 4 is 28.9 Å². The highest BCUT2D eigenvalue weighted by molar-refractivity contribution is 6.43. The van der Waals surface area contributed by atoms with Crippen LogP contribution in [0.2, 0.25) is 10.0 Å². The van der Waals surface area contributed by atoms with Crippen LogP contribution in [0.1, 0.15) is 0 Å². The van der Waals surface area contributed by atoms with Crippen molar-refractivity contribution in [3.63, 3.8) is 0 Å². The van der Waals surface area contributed by atoms with E-state index in [9.17, 15) is 8.78 Å². The molecule has 0 aromatic heterocycles. The SMILES string of the molecule is FC1C=CC=CC1(F)N=Nc1cccc(Cl)c1Cl. The summed E-state index contributed by atoms with van der Waals surface area (Å²) in [7, 11) is 0. The summed E-state index contributed by atoms with van der Waals surface area (Å²) in [6.45, 7) is 0. The second-order valence-corrected chi connectivity index (χ2v) is 4.43. The Morgan fingerprint density at radius 2 is 2.00 bits per heavy atom. The van der Waals surface area contributed by atoms with E-state index >= 15 is 0 Å². The van der Waals surface area contributed by atoms with Crippen LogP contribution in [0.5, 0.6) is 0 Å². The first-order valence-electron chi connectivity index (χ1n) is 5.09. The molecule has 2 unspecified atom stereocenters. The monoisotopic (exact) mass is 288 g/mol. The lowest BCUT2D eigenvalue weighted by atomic mass is 10.1. The van der Waals surface area contributed by atoms with Crippen molar-refractivity contribution in [2.24, 2.45) is 10.2 Å². The van der Waals surface area contributed by atoms with Crippen molar-refractivity contribution in [3.05, 3.63) is 52.5 Å². The van der Waals surface area contributed by atoms with Gasteiger partial charge in [0.05, 0.1) is 10.0 Å². The summed E-state index contributed by atoms with van der Waals surface area (Å²) in [5.41, 5.74) is 0.191. The summed E-state index contributed by atoms with van der Waals surface area (Å²) in [5.74, 6) is -2.50. The molecule has 0 aliphatic heterocycles. The maximum Gasteiger partial charge on any atom is 0.272 e. The summed E-state index contributed by atoms with van der Waals surface area (Å²) >= 11 is 11.6. The smallest absolute Gasteiger partial charge is 0.237 e. The summed E-state index contributed by atoms with van der Waals surface area (Å²) < 4.78 is 27.4. The number of alkyl halides is 2. The molecule has 0 radical (unpaired) electrons. The van der Waals surface area contributed by atoms with Gasteiger partial charge >= 0.3 is 0 Å². The Morgan fingerprint density at radius 1 is 1.22 bits per heavy atom. The van der Waals surface area contributed by atoms with Gasteiger partial charge in [-0.05, 0) is 24.3 Å². The maximum atomic E-state index is 14.0. The predicted octanol–water partition coefficient (Wildman–Crippen LogP) is 5.21. The minimum absolute atomic E-state index is 0.150. The van der Waals surface area contributed by atoms with Gasteiger partial charge in [0.25, 0.3) is 5.79 Å². The lowest BCUT2D eigenvalue weighted by Crippen LogP contribution is -2.30. The van der Waals surface area contributed by atoms with Gasteiger partial charge in [-0.1, -0.05) is 41.4 Å². The molecule has 0 spiro atoms. The van der Waals surface area contributed by atoms with E-state index in [1.165, 1.54) is 18.2 Å². The lowest BCUT2D eigenvalue weighted by Gasteiger charge is -2.19. The molecule has 1 aromatic rings. The number of hydrogen-bond donors (Lipinski definition) is 0. The number of azo groups is 1. The van der Waals surface area contributed by atoms with Crippen molar-refractivity contribution in [1.82, 2.24) is 0 Å². The van der Waals surface area contributed by atoms with Crippen LogP contribution in [0.15, 0.2) is 52.7 Å². The Morgan fingerprint density at radius 3 is 2.72 bits per heavy atom. The molecular weight excluding hydrogens is 281 g/mol. The van der Waals surface area contributed by atoms with Crippen LogP contribution in [0.4, 0.5) is 14.5 Å². The minimum Gasteiger partial charge on any atom is -0.237 e. The molecule has 2 atom stereocenters. The average molecular weight is 289 g/mol. The van der Waals surface area contributed by atoms with Crippen molar-refractivity contribution in [1.29, 1.82) is 0 Å². The quantitative estimate of drug-likeness (QED) is 0.527. The fraction of sp³-hybridized carbons (Fsp3) is 0.167. The molecule has 1 aromatic carbocycles. The zero-order valence-corrected chi connectivity index (χ0v) is 10.5. The largest absolute Gasteiger partial charge is 0.272 e. The first-order chi connectivity index (χ1) is 8.53. The molecule has 1 aliphatic carbocycles. The van der Waals surface area contributed by atoms with Crippen LogP contribution in [0.3, 0.4) is 0 Å². The second kappa shape index (κ2) is 5.16. The Balaban J connectivity index is 2.28. The third kappa shape index (κ3) is 2.60. The Hall–Kier alpha value is -1.26. The number of hydrogen-bond acceptors (Lipinski definition) is 2. The Labute approximate surface area is 113 Å². The molecule has 0 heterocycles. The highest BCUT2D eigenvalue weighted by Gasteiger charge is 2.37. The van der Waals surface area contributed by atoms with E-state index in [2.05, 4.69) is 10.2 Å². The van der Waals surface area contributed by atoms with E-state index in [0.717, 1.165) is 12.2 Å². The second-order valence-electron chi connectivity index (χ2n) is 3.65. The van der Waals surface area contributed by atoms with Crippen LogP contribution in [0.25, 0.3) is 0 Å². The van der Waals surface area contributed by atoms with E-state index in [4.69, 9.17) is 23.2 Å². The van der Waals surface area contributed by atoms with E-state index in [0.29, 0.717) is 0 Å². The van der Waals surface area contributed by atoms with Gasteiger partial charge in [0.15, 0.2) is 6.17 Å². The number of nitrogens with zero attached hydrogens (tertiary/aromatic N) is 2. The molecule has 2 nitrogen and oxygen atoms in total. The summed E-state index contributed by atoms with van der Waals surface area (Å²) in [5, 5.41) is 7.42. The molecule has 0 fully saturated rings. The third-order valence-corrected chi connectivity index (χ3v) is 3.16. The molecule has 6 heteroatoms. The number of allylic oxidation sites excluding steroid dienone is 2. The summed E-state index contributed by atoms with van der Waals surface area (Å²) in [6, 6.07) is 4.67. The molecule has 2 rings (SSSR count). The van der Waals surface area contributed by atoms with E-state index in [-0.39, 0.29) is 15.7 Å². The number of benzene rings is 1. The first kappa shape index (κ1) is 13.2. The van der Waals surface area contributed by atoms with Crippen LogP contribution in [-0.2, 0) is 0 Å². The van der Waals surface area contributed by atoms with E-state index < -0.39 is 12.0 Å². The number of halogens is 4. The minimum atomic E-state index is -2.50. The molecule has 0 saturated heterocycles. The van der Waals surface area contributed by atoms with Crippen molar-refractivity contribution in [3.8, 4) is 0 Å². The zero-order chi connectivity index (χ0) is 13.2. The molecule has 94 valence electrons. The summed E-state index contributed by atoms with van der Waals surface area (Å²) in [6.07, 6.45) is 2.97. The Kier molecular flexibility index (Phi) is 3.78. The fourth-order valence-electron chi connectivity index (χ4n) is 1.37. The standard InChI is InChI=1S/C12H8Cl2F2N2/c13-8-4-3-5-9(11(8)14)17-18-12(16)7-2-1-6-10(12)15/h1-7,10H. The molecule has 0 amide bonds. The molecule has 0 bridgehead atoms. The van der Waals surface area contributed by atoms with Gasteiger partial charge in [0.1, 0.15) is 5.69 Å². The predicted molar refractivity (Wildman–Crippen MR) is 68.0 cm³/mol. The van der Waals surface area contributed by atoms with Crippen molar-refractivity contribution in [2.75, 3.05) is 0 Å². The summed E-state index contributed by atoms with van der Waals surface area (Å²) in [4.78, 5) is 0. The zero-order valence-electron chi connectivity index (χ0n) is 9.03. The highest BCUT2D eigenvalue weighted by atomic mass is 35.5. The van der Waals surface area contributed by atoms with Gasteiger partial charge in [-0.25, -0.2) is 8.78 Å². The Bertz CT molecular complexity index is 543. The van der Waals surface area contributed by atoms with Gasteiger partial charge in [-0.15, -0.1) is 5.11 Å². The van der Waals surface area contributed by atoms with Crippen LogP contribution < -0.4 is 0 Å². The third-order valence-electron chi connectivity index (χ3n) is 2.35. The van der Waals surface area contributed by atoms with Crippen molar-refractivity contribution < 1.29 is 8.78 Å². The van der Waals surface area contributed by atoms with Crippen molar-refractivity contribution in [2.45, 2.75) is 12.0 Å². The van der Waals surface area contributed by atoms with E-state index in [1.54, 1.807) is 12.1 Å². The van der Waals surface area contributed by atoms with Crippen LogP contribution >= 0.6 is 23.2 Å². The van der Waals surface area contributed by atoms with E-state index in [1.807, 2.05) is 0 Å². The molecule has 18 heavy (non-hydrogen) atoms. The lowest BCUT2D eigenvalue weighted by molar-refractivity contribution is 0.127. The van der Waals surface area contributed by atoms with Crippen LogP contribution in [-0.4, -0.2) is 12.0 Å². The first-order valence-corrected chi connectivity index (χ1v) is 5.84. The molecule has 1 aliphatic rings. The van der Waals surface area contributed by atoms with Crippen LogP contribution in [0, 0.1) is 0 Å². The maximum absolute atomic E-state index is 14.0. The topological polar surface area (TPSA) is 24.7 Å². The van der Waals surface area contributed by atoms with Gasteiger partial charge in [0, 0.05) is 0 Å². The fourth-order valence-corrected chi connectivity index (χ4v) is 1.70. The number of rotatable bonds is 2.